The van der Waals surface area contributed by atoms with Crippen LogP contribution in [0.15, 0.2) is 46.3 Å². The Balaban J connectivity index is 0.00000450. The van der Waals surface area contributed by atoms with E-state index in [9.17, 15) is 8.42 Å². The van der Waals surface area contributed by atoms with Gasteiger partial charge >= 0.3 is 0 Å². The van der Waals surface area contributed by atoms with Crippen molar-refractivity contribution in [1.82, 2.24) is 15.4 Å². The van der Waals surface area contributed by atoms with Crippen molar-refractivity contribution in [1.29, 1.82) is 0 Å². The molecule has 0 spiro atoms. The minimum Gasteiger partial charge on any atom is -0.357 e. The van der Waals surface area contributed by atoms with Gasteiger partial charge in [0, 0.05) is 21.8 Å². The Morgan fingerprint density at radius 2 is 1.70 bits per heavy atom. The van der Waals surface area contributed by atoms with Crippen molar-refractivity contribution in [3.05, 3.63) is 51.7 Å². The molecule has 0 amide bonds. The summed E-state index contributed by atoms with van der Waals surface area (Å²) in [4.78, 5) is 7.46. The first-order valence-corrected chi connectivity index (χ1v) is 12.2. The normalized spacial score (nSPS) is 12.4. The van der Waals surface area contributed by atoms with Crippen LogP contribution < -0.4 is 15.4 Å². The van der Waals surface area contributed by atoms with Crippen LogP contribution in [0.3, 0.4) is 0 Å². The number of benzene rings is 1. The molecule has 0 saturated heterocycles. The number of aryl methyl sites for hydroxylation is 1. The standard InChI is InChI=1S/C21H32N4O2S2.HI/c1-6-17-12-13-18(28-17)15-24-20(22-7-2)23-14-16-10-8-9-11-19(16)29(26,27)25-21(3,4)5;/h8-13,25H,6-7,14-15H2,1-5H3,(H2,22,23,24);1H. The first-order chi connectivity index (χ1) is 13.6. The quantitative estimate of drug-likeness (QED) is 0.254. The fraction of sp³-hybridized carbons (Fsp3) is 0.476. The summed E-state index contributed by atoms with van der Waals surface area (Å²) in [5, 5.41) is 6.54. The van der Waals surface area contributed by atoms with E-state index in [4.69, 9.17) is 0 Å². The molecule has 30 heavy (non-hydrogen) atoms. The first-order valence-electron chi connectivity index (χ1n) is 9.86. The third-order valence-electron chi connectivity index (χ3n) is 3.95. The lowest BCUT2D eigenvalue weighted by atomic mass is 10.1. The van der Waals surface area contributed by atoms with E-state index in [2.05, 4.69) is 39.4 Å². The maximum atomic E-state index is 12.8. The van der Waals surface area contributed by atoms with Gasteiger partial charge in [0.25, 0.3) is 0 Å². The lowest BCUT2D eigenvalue weighted by Crippen LogP contribution is -2.40. The molecule has 2 rings (SSSR count). The number of hydrogen-bond acceptors (Lipinski definition) is 4. The van der Waals surface area contributed by atoms with Crippen molar-refractivity contribution >= 4 is 51.3 Å². The molecular formula is C21H33IN4O2S2. The van der Waals surface area contributed by atoms with E-state index in [1.165, 1.54) is 9.75 Å². The summed E-state index contributed by atoms with van der Waals surface area (Å²) in [6, 6.07) is 11.3. The van der Waals surface area contributed by atoms with Gasteiger partial charge in [-0.05, 0) is 57.9 Å². The summed E-state index contributed by atoms with van der Waals surface area (Å²) in [5.74, 6) is 0.662. The Labute approximate surface area is 202 Å². The van der Waals surface area contributed by atoms with E-state index in [0.29, 0.717) is 18.1 Å². The topological polar surface area (TPSA) is 82.6 Å². The average Bonchev–Trinajstić information content (AvgIpc) is 3.10. The number of aliphatic imine (C=N–C) groups is 1. The predicted octanol–water partition coefficient (Wildman–Crippen LogP) is 4.26. The zero-order valence-corrected chi connectivity index (χ0v) is 22.2. The molecule has 168 valence electrons. The largest absolute Gasteiger partial charge is 0.357 e. The predicted molar refractivity (Wildman–Crippen MR) is 137 cm³/mol. The molecule has 2 aromatic rings. The zero-order valence-electron chi connectivity index (χ0n) is 18.3. The van der Waals surface area contributed by atoms with Crippen molar-refractivity contribution in [2.24, 2.45) is 4.99 Å². The van der Waals surface area contributed by atoms with E-state index < -0.39 is 15.6 Å². The second kappa shape index (κ2) is 12.0. The number of guanidine groups is 1. The highest BCUT2D eigenvalue weighted by Gasteiger charge is 2.24. The van der Waals surface area contributed by atoms with Gasteiger partial charge in [0.15, 0.2) is 5.96 Å². The van der Waals surface area contributed by atoms with Crippen LogP contribution in [0.2, 0.25) is 0 Å². The number of nitrogens with zero attached hydrogens (tertiary/aromatic N) is 1. The molecule has 0 radical (unpaired) electrons. The molecule has 0 aliphatic carbocycles. The van der Waals surface area contributed by atoms with Crippen LogP contribution >= 0.6 is 35.3 Å². The minimum absolute atomic E-state index is 0. The summed E-state index contributed by atoms with van der Waals surface area (Å²) >= 11 is 1.79. The highest BCUT2D eigenvalue weighted by molar-refractivity contribution is 14.0. The van der Waals surface area contributed by atoms with Crippen LogP contribution in [0.25, 0.3) is 0 Å². The Hall–Kier alpha value is -1.17. The van der Waals surface area contributed by atoms with Crippen LogP contribution in [-0.2, 0) is 29.5 Å². The van der Waals surface area contributed by atoms with Crippen molar-refractivity contribution in [3.63, 3.8) is 0 Å². The summed E-state index contributed by atoms with van der Waals surface area (Å²) in [6.07, 6.45) is 1.03. The molecule has 0 atom stereocenters. The van der Waals surface area contributed by atoms with Crippen molar-refractivity contribution in [2.75, 3.05) is 6.54 Å². The molecule has 3 N–H and O–H groups in total. The van der Waals surface area contributed by atoms with Crippen LogP contribution in [-0.4, -0.2) is 26.5 Å². The van der Waals surface area contributed by atoms with Crippen molar-refractivity contribution in [2.45, 2.75) is 64.6 Å². The smallest absolute Gasteiger partial charge is 0.241 e. The van der Waals surface area contributed by atoms with Gasteiger partial charge in [-0.15, -0.1) is 35.3 Å². The van der Waals surface area contributed by atoms with Gasteiger partial charge in [-0.2, -0.15) is 0 Å². The summed E-state index contributed by atoms with van der Waals surface area (Å²) in [7, 11) is -3.62. The molecule has 0 saturated carbocycles. The molecule has 9 heteroatoms. The Morgan fingerprint density at radius 3 is 2.30 bits per heavy atom. The number of sulfonamides is 1. The van der Waals surface area contributed by atoms with Crippen LogP contribution in [0.5, 0.6) is 0 Å². The molecular weight excluding hydrogens is 531 g/mol. The third-order valence-corrected chi connectivity index (χ3v) is 7.04. The molecule has 1 heterocycles. The van der Waals surface area contributed by atoms with Gasteiger partial charge < -0.3 is 10.6 Å². The third kappa shape index (κ3) is 8.52. The average molecular weight is 565 g/mol. The maximum Gasteiger partial charge on any atom is 0.241 e. The van der Waals surface area contributed by atoms with E-state index in [0.717, 1.165) is 13.0 Å². The number of hydrogen-bond donors (Lipinski definition) is 3. The lowest BCUT2D eigenvalue weighted by Gasteiger charge is -2.21. The summed E-state index contributed by atoms with van der Waals surface area (Å²) in [6.45, 7) is 11.3. The Kier molecular flexibility index (Phi) is 10.8. The minimum atomic E-state index is -3.62. The number of rotatable bonds is 8. The Bertz CT molecular complexity index is 934. The van der Waals surface area contributed by atoms with E-state index in [1.54, 1.807) is 29.5 Å². The van der Waals surface area contributed by atoms with Gasteiger partial charge in [-0.25, -0.2) is 18.1 Å². The molecule has 0 bridgehead atoms. The summed E-state index contributed by atoms with van der Waals surface area (Å²) < 4.78 is 28.3. The van der Waals surface area contributed by atoms with Crippen molar-refractivity contribution in [3.8, 4) is 0 Å². The Morgan fingerprint density at radius 1 is 1.03 bits per heavy atom. The van der Waals surface area contributed by atoms with Crippen LogP contribution in [0.4, 0.5) is 0 Å². The van der Waals surface area contributed by atoms with Gasteiger partial charge in [0.05, 0.1) is 18.0 Å². The first kappa shape index (κ1) is 26.9. The van der Waals surface area contributed by atoms with E-state index >= 15 is 0 Å². The zero-order chi connectivity index (χ0) is 21.5. The maximum absolute atomic E-state index is 12.8. The fourth-order valence-corrected chi connectivity index (χ4v) is 5.29. The molecule has 0 aliphatic heterocycles. The monoisotopic (exact) mass is 564 g/mol. The summed E-state index contributed by atoms with van der Waals surface area (Å²) in [5.41, 5.74) is 0.106. The number of thiophene rings is 1. The van der Waals surface area contributed by atoms with Gasteiger partial charge in [0.2, 0.25) is 10.0 Å². The van der Waals surface area contributed by atoms with Crippen molar-refractivity contribution < 1.29 is 8.42 Å². The molecule has 0 unspecified atom stereocenters. The van der Waals surface area contributed by atoms with Crippen LogP contribution in [0.1, 0.15) is 49.9 Å². The second-order valence-corrected chi connectivity index (χ2v) is 10.6. The SMILES string of the molecule is CCNC(=NCc1ccccc1S(=O)(=O)NC(C)(C)C)NCc1ccc(CC)s1.I. The van der Waals surface area contributed by atoms with Gasteiger partial charge in [-0.3, -0.25) is 0 Å². The molecule has 0 fully saturated rings. The van der Waals surface area contributed by atoms with E-state index in [-0.39, 0.29) is 35.4 Å². The molecule has 1 aromatic carbocycles. The van der Waals surface area contributed by atoms with Gasteiger partial charge in [-0.1, -0.05) is 25.1 Å². The fourth-order valence-electron chi connectivity index (χ4n) is 2.74. The van der Waals surface area contributed by atoms with E-state index in [1.807, 2.05) is 33.8 Å². The highest BCUT2D eigenvalue weighted by Crippen LogP contribution is 2.19. The van der Waals surface area contributed by atoms with Crippen LogP contribution in [0, 0.1) is 0 Å². The molecule has 1 aromatic heterocycles. The van der Waals surface area contributed by atoms with Gasteiger partial charge in [0.1, 0.15) is 0 Å². The number of halogens is 1. The molecule has 6 nitrogen and oxygen atoms in total. The number of nitrogens with one attached hydrogen (secondary N) is 3. The second-order valence-electron chi connectivity index (χ2n) is 7.73. The highest BCUT2D eigenvalue weighted by atomic mass is 127. The lowest BCUT2D eigenvalue weighted by molar-refractivity contribution is 0.491. The molecule has 0 aliphatic rings.